The normalized spacial score (nSPS) is 20.9. The van der Waals surface area contributed by atoms with E-state index in [1.54, 1.807) is 18.4 Å². The van der Waals surface area contributed by atoms with Crippen LogP contribution in [0.1, 0.15) is 25.9 Å². The predicted octanol–water partition coefficient (Wildman–Crippen LogP) is 1.13. The number of ether oxygens (including phenoxy) is 1. The highest BCUT2D eigenvalue weighted by Gasteiger charge is 2.52. The maximum atomic E-state index is 15.9. The molecule has 2 unspecified atom stereocenters. The fourth-order valence-corrected chi connectivity index (χ4v) is 6.42. The Labute approximate surface area is 279 Å². The molecule has 4 N–H and O–H groups in total. The Morgan fingerprint density at radius 1 is 1.29 bits per heavy atom. The monoisotopic (exact) mass is 722 g/mol. The number of nitrogens with one attached hydrogen (secondary N) is 2. The fourth-order valence-electron chi connectivity index (χ4n) is 4.74. The predicted molar refractivity (Wildman–Crippen MR) is 168 cm³/mol. The molecule has 5 heterocycles. The van der Waals surface area contributed by atoms with Crippen molar-refractivity contribution >= 4 is 57.8 Å². The van der Waals surface area contributed by atoms with Crippen molar-refractivity contribution in [3.63, 3.8) is 0 Å². The third-order valence-electron chi connectivity index (χ3n) is 7.06. The van der Waals surface area contributed by atoms with Crippen molar-refractivity contribution in [3.05, 3.63) is 46.4 Å². The Kier molecular flexibility index (Phi) is 11.7. The molecule has 1 saturated heterocycles. The highest BCUT2D eigenvalue weighted by atomic mass is 31.2. The zero-order valence-electron chi connectivity index (χ0n) is 25.9. The third-order valence-corrected chi connectivity index (χ3v) is 9.08. The number of aliphatic hydroxyl groups is 1. The van der Waals surface area contributed by atoms with E-state index in [0.717, 1.165) is 10.9 Å². The van der Waals surface area contributed by atoms with Gasteiger partial charge in [0.05, 0.1) is 19.1 Å². The molecule has 3 radical (unpaired) electrons. The number of amides is 1. The summed E-state index contributed by atoms with van der Waals surface area (Å²) in [7, 11) is -0.759. The lowest BCUT2D eigenvalue weighted by molar-refractivity contribution is -0.118. The molecule has 1 fully saturated rings. The first-order valence-electron chi connectivity index (χ1n) is 14.5. The van der Waals surface area contributed by atoms with Crippen molar-refractivity contribution in [2.45, 2.75) is 51.6 Å². The first kappa shape index (κ1) is 36.4. The highest BCUT2D eigenvalue weighted by Crippen LogP contribution is 2.58. The van der Waals surface area contributed by atoms with E-state index in [2.05, 4.69) is 40.1 Å². The van der Waals surface area contributed by atoms with Crippen LogP contribution in [0.25, 0.3) is 27.2 Å². The average Bonchev–Trinajstić information content (AvgIpc) is 3.74. The zero-order chi connectivity index (χ0) is 35.3. The summed E-state index contributed by atoms with van der Waals surface area (Å²) in [5.74, 6) is -0.819. The summed E-state index contributed by atoms with van der Waals surface area (Å²) < 4.78 is 58.3. The summed E-state index contributed by atoms with van der Waals surface area (Å²) in [4.78, 5) is 60.6. The topological polar surface area (TPSA) is 244 Å². The number of fused-ring (bicyclic) bond motifs is 2. The van der Waals surface area contributed by atoms with E-state index >= 15 is 4.39 Å². The summed E-state index contributed by atoms with van der Waals surface area (Å²) in [6, 6.07) is 0. The van der Waals surface area contributed by atoms with Crippen molar-refractivity contribution in [3.8, 4) is 0 Å². The van der Waals surface area contributed by atoms with E-state index in [-0.39, 0.29) is 49.2 Å². The van der Waals surface area contributed by atoms with Crippen LogP contribution in [0.4, 0.5) is 10.3 Å². The van der Waals surface area contributed by atoms with E-state index in [4.69, 9.17) is 37.0 Å². The second-order valence-electron chi connectivity index (χ2n) is 10.7. The smallest absolute Gasteiger partial charge is 0.388 e. The van der Waals surface area contributed by atoms with Crippen LogP contribution in [-0.4, -0.2) is 107 Å². The first-order chi connectivity index (χ1) is 23.4. The van der Waals surface area contributed by atoms with Gasteiger partial charge in [-0.25, -0.2) is 44.5 Å². The van der Waals surface area contributed by atoms with Crippen LogP contribution >= 0.6 is 16.1 Å². The molecule has 1 aliphatic heterocycles. The van der Waals surface area contributed by atoms with Gasteiger partial charge in [0.15, 0.2) is 41.9 Å². The molecule has 6 atom stereocenters. The second-order valence-corrected chi connectivity index (χ2v) is 13.2. The van der Waals surface area contributed by atoms with Gasteiger partial charge in [-0.15, -0.1) is 9.42 Å². The van der Waals surface area contributed by atoms with Gasteiger partial charge in [-0.2, -0.15) is 12.5 Å². The number of nitrogens with zero attached hydrogens (tertiary/aromatic N) is 8. The van der Waals surface area contributed by atoms with Gasteiger partial charge in [-0.05, 0) is 0 Å². The number of carbonyl (C=O) groups excluding carboxylic acids is 1. The van der Waals surface area contributed by atoms with Crippen LogP contribution in [0, 0.1) is 12.5 Å². The van der Waals surface area contributed by atoms with Gasteiger partial charge in [0.1, 0.15) is 51.4 Å². The van der Waals surface area contributed by atoms with Gasteiger partial charge in [-0.3, -0.25) is 24.5 Å². The van der Waals surface area contributed by atoms with Crippen molar-refractivity contribution in [2.75, 3.05) is 31.7 Å². The number of halogens is 1. The van der Waals surface area contributed by atoms with Crippen LogP contribution in [-0.2, 0) is 45.3 Å². The van der Waals surface area contributed by atoms with Crippen LogP contribution in [0.2, 0.25) is 0 Å². The van der Waals surface area contributed by atoms with Crippen LogP contribution < -0.4 is 10.9 Å². The molecule has 20 nitrogen and oxygen atoms in total. The standard InChI is InChI=1S/C25H28BFN10O10P2/c1-13(2)22(39)34-25-33-21-18(23(40)35-25)31-12-37(21)24-19(47-48(41)42)17(27)15(46-24)10-45-49(26,43-6-4-28-3)44-7-5-36-16(9-38)32-14-8-29-11-30-20(14)36/h8,11-13,15,17,19,24,38H,4-7,9-10H2,1-2H3,(H-2,33,34,35,39,40,41,42)/q-1/p+2/t15-,17-,19-,24-,49?/m1/s1. The van der Waals surface area contributed by atoms with Gasteiger partial charge < -0.3 is 19.3 Å². The largest absolute Gasteiger partial charge is 0.695 e. The summed E-state index contributed by atoms with van der Waals surface area (Å²) in [5.41, 5.74) is -0.194. The van der Waals surface area contributed by atoms with E-state index < -0.39 is 71.3 Å². The molecule has 1 amide bonds. The number of anilines is 1. The van der Waals surface area contributed by atoms with Gasteiger partial charge in [0, 0.05) is 10.5 Å². The molecule has 4 aromatic heterocycles. The number of carbonyl (C=O) groups is 1. The molecule has 4 aromatic rings. The summed E-state index contributed by atoms with van der Waals surface area (Å²) in [6.45, 7) is 8.96. The van der Waals surface area contributed by atoms with Crippen LogP contribution in [0.3, 0.4) is 0 Å². The maximum Gasteiger partial charge on any atom is 0.695 e. The molecule has 5 rings (SSSR count). The molecule has 49 heavy (non-hydrogen) atoms. The summed E-state index contributed by atoms with van der Waals surface area (Å²) >= 11 is 0. The molecule has 0 spiro atoms. The lowest BCUT2D eigenvalue weighted by Crippen LogP contribution is -2.31. The Morgan fingerprint density at radius 3 is 2.78 bits per heavy atom. The SMILES string of the molecule is [B-][P+](OCC[N+]#[C-])(OCCn1c(CO)nc2cncnc21)OC[C@H]1O[C@@H](n2cnc3c(=O)[nH]c(NC(=O)C(C)C)nc32)[C@H](O[P+](=O)O)[C@@H]1F. The third kappa shape index (κ3) is 8.29. The molecule has 1 aliphatic rings. The van der Waals surface area contributed by atoms with E-state index in [9.17, 15) is 24.2 Å². The minimum atomic E-state index is -3.77. The van der Waals surface area contributed by atoms with Gasteiger partial charge in [0.25, 0.3) is 5.56 Å². The van der Waals surface area contributed by atoms with Crippen molar-refractivity contribution in [1.82, 2.24) is 39.0 Å². The lowest BCUT2D eigenvalue weighted by Gasteiger charge is -2.31. The van der Waals surface area contributed by atoms with Gasteiger partial charge in [0.2, 0.25) is 18.4 Å². The molecule has 0 bridgehead atoms. The van der Waals surface area contributed by atoms with Gasteiger partial charge >= 0.3 is 8.25 Å². The van der Waals surface area contributed by atoms with Crippen molar-refractivity contribution in [2.24, 2.45) is 5.92 Å². The van der Waals surface area contributed by atoms with E-state index in [0.29, 0.717) is 11.2 Å². The molecule has 0 saturated carbocycles. The molecule has 24 heteroatoms. The first-order valence-corrected chi connectivity index (χ1v) is 17.3. The van der Waals surface area contributed by atoms with Gasteiger partial charge in [-0.1, -0.05) is 13.8 Å². The molecular weight excluding hydrogens is 692 g/mol. The van der Waals surface area contributed by atoms with E-state index in [1.807, 2.05) is 0 Å². The fraction of sp³-hybridized carbons (Fsp3) is 0.520. The second kappa shape index (κ2) is 15.8. The number of aromatic amines is 1. The Bertz CT molecular complexity index is 1920. The maximum absolute atomic E-state index is 15.9. The number of imidazole rings is 2. The quantitative estimate of drug-likeness (QED) is 0.0548. The summed E-state index contributed by atoms with van der Waals surface area (Å²) in [6.07, 6.45) is -2.91. The molecular formula is C25H30BFN10O10P2+. The Hall–Kier alpha value is -3.90. The number of alkyl halides is 1. The van der Waals surface area contributed by atoms with Crippen molar-refractivity contribution in [1.29, 1.82) is 0 Å². The minimum Gasteiger partial charge on any atom is -0.388 e. The molecule has 259 valence electrons. The lowest BCUT2D eigenvalue weighted by atomic mass is 10.1. The minimum absolute atomic E-state index is 0.0872. The number of aliphatic hydroxyl groups excluding tert-OH is 1. The number of hydrogen-bond donors (Lipinski definition) is 4. The number of aromatic nitrogens is 8. The number of hydrogen-bond acceptors (Lipinski definition) is 14. The Morgan fingerprint density at radius 2 is 2.06 bits per heavy atom. The highest BCUT2D eigenvalue weighted by molar-refractivity contribution is 7.85. The zero-order valence-corrected chi connectivity index (χ0v) is 27.7. The molecule has 0 aliphatic carbocycles. The van der Waals surface area contributed by atoms with Crippen LogP contribution in [0.15, 0.2) is 23.6 Å². The number of H-pyrrole nitrogens is 1. The number of rotatable bonds is 16. The van der Waals surface area contributed by atoms with E-state index in [1.165, 1.54) is 12.5 Å². The van der Waals surface area contributed by atoms with Crippen LogP contribution in [0.5, 0.6) is 0 Å². The van der Waals surface area contributed by atoms with Crippen molar-refractivity contribution < 1.29 is 46.6 Å². The Balaban J connectivity index is 1.34. The molecule has 0 aromatic carbocycles. The summed E-state index contributed by atoms with van der Waals surface area (Å²) in [5, 5.41) is 12.2. The average molecular weight is 722 g/mol.